The van der Waals surface area contributed by atoms with Gasteiger partial charge in [-0.15, -0.1) is 0 Å². The summed E-state index contributed by atoms with van der Waals surface area (Å²) in [5, 5.41) is 7.60. The average molecular weight is 223 g/mol. The van der Waals surface area contributed by atoms with Crippen molar-refractivity contribution in [2.75, 3.05) is 0 Å². The van der Waals surface area contributed by atoms with Crippen molar-refractivity contribution in [1.82, 2.24) is 0 Å². The average Bonchev–Trinajstić information content (AvgIpc) is 2.04. The molecule has 0 unspecified atom stereocenters. The Morgan fingerprint density at radius 2 is 1.67 bits per heavy atom. The Morgan fingerprint density at radius 3 is 1.67 bits per heavy atom. The van der Waals surface area contributed by atoms with Crippen LogP contribution in [0.4, 0.5) is 0 Å². The van der Waals surface area contributed by atoms with Gasteiger partial charge in [-0.25, -0.2) is 9.59 Å². The molecule has 5 heteroatoms. The van der Waals surface area contributed by atoms with Crippen molar-refractivity contribution >= 4 is 11.9 Å². The molecule has 0 fully saturated rings. The molecule has 0 aliphatic rings. The van der Waals surface area contributed by atoms with Gasteiger partial charge in [0.25, 0.3) is 5.97 Å². The quantitative estimate of drug-likeness (QED) is 0.324. The Balaban J connectivity index is -0.000000126. The van der Waals surface area contributed by atoms with Gasteiger partial charge in [0.15, 0.2) is 0 Å². The first-order valence-corrected chi connectivity index (χ1v) is 2.52. The monoisotopic (exact) mass is 221 g/mol. The van der Waals surface area contributed by atoms with Crippen LogP contribution in [0.25, 0.3) is 0 Å². The Hall–Kier alpha value is -0.957. The number of carboxylic acid groups (broad SMARTS) is 1. The van der Waals surface area contributed by atoms with Crippen LogP contribution in [0.3, 0.4) is 0 Å². The van der Waals surface area contributed by atoms with Crippen LogP contribution in [-0.2, 0) is 33.8 Å². The Kier molecular flexibility index (Phi) is 18.2. The van der Waals surface area contributed by atoms with Gasteiger partial charge >= 0.3 is 5.97 Å². The largest absolute Gasteiger partial charge is 0.637 e. The van der Waals surface area contributed by atoms with E-state index in [1.807, 2.05) is 0 Å². The van der Waals surface area contributed by atoms with E-state index in [0.29, 0.717) is 0 Å². The molecule has 12 heavy (non-hydrogen) atoms. The standard InChI is InChI=1S/C4H5O2.C3H4O2.Zn/c1-3-4(5)6-2;1-2-3(4)5;/h3H,1-2H2;2H,1H2,(H,4,5);/q-1;;. The molecule has 0 atom stereocenters. The van der Waals surface area contributed by atoms with Gasteiger partial charge in [0.1, 0.15) is 0 Å². The van der Waals surface area contributed by atoms with Crippen molar-refractivity contribution in [2.24, 2.45) is 0 Å². The van der Waals surface area contributed by atoms with Crippen LogP contribution in [0.1, 0.15) is 0 Å². The van der Waals surface area contributed by atoms with Crippen molar-refractivity contribution < 1.29 is 38.9 Å². The SMILES string of the molecule is C=CC(=O)O.C=CC(=O)O[CH2-].[Zn]. The second kappa shape index (κ2) is 12.7. The van der Waals surface area contributed by atoms with Crippen molar-refractivity contribution in [3.05, 3.63) is 32.4 Å². The molecule has 0 spiro atoms. The summed E-state index contributed by atoms with van der Waals surface area (Å²) in [6.45, 7) is 6.08. The molecule has 0 aliphatic heterocycles. The molecule has 0 aromatic heterocycles. The van der Waals surface area contributed by atoms with Gasteiger partial charge < -0.3 is 9.84 Å². The smallest absolute Gasteiger partial charge is 0.327 e. The summed E-state index contributed by atoms with van der Waals surface area (Å²) in [5.74, 6) is -1.49. The molecule has 64 valence electrons. The number of rotatable bonds is 2. The zero-order chi connectivity index (χ0) is 9.28. The van der Waals surface area contributed by atoms with Crippen LogP contribution in [0, 0.1) is 7.11 Å². The van der Waals surface area contributed by atoms with Crippen LogP contribution < -0.4 is 0 Å². The maximum atomic E-state index is 9.78. The number of aliphatic carboxylic acids is 1. The zero-order valence-corrected chi connectivity index (χ0v) is 9.62. The second-order valence-corrected chi connectivity index (χ2v) is 1.21. The van der Waals surface area contributed by atoms with Gasteiger partial charge in [0, 0.05) is 31.6 Å². The van der Waals surface area contributed by atoms with E-state index in [2.05, 4.69) is 25.0 Å². The molecule has 0 rings (SSSR count). The van der Waals surface area contributed by atoms with Gasteiger partial charge in [-0.3, -0.25) is 0 Å². The summed E-state index contributed by atoms with van der Waals surface area (Å²) in [6.07, 6.45) is 1.88. The number of hydrogen-bond acceptors (Lipinski definition) is 3. The fraction of sp³-hybridized carbons (Fsp3) is 0. The van der Waals surface area contributed by atoms with E-state index >= 15 is 0 Å². The normalized spacial score (nSPS) is 6.08. The maximum absolute atomic E-state index is 9.78. The minimum absolute atomic E-state index is 0. The Morgan fingerprint density at radius 1 is 1.33 bits per heavy atom. The first-order valence-electron chi connectivity index (χ1n) is 2.52. The summed E-state index contributed by atoms with van der Waals surface area (Å²) < 4.78 is 3.89. The predicted molar refractivity (Wildman–Crippen MR) is 39.5 cm³/mol. The third-order valence-corrected chi connectivity index (χ3v) is 0.484. The third-order valence-electron chi connectivity index (χ3n) is 0.484. The van der Waals surface area contributed by atoms with Crippen LogP contribution in [0.15, 0.2) is 25.3 Å². The van der Waals surface area contributed by atoms with Crippen LogP contribution >= 0.6 is 0 Å². The minimum atomic E-state index is -0.981. The molecule has 0 amide bonds. The second-order valence-electron chi connectivity index (χ2n) is 1.21. The number of ether oxygens (including phenoxy) is 1. The molecule has 0 saturated heterocycles. The molecule has 0 heterocycles. The molecule has 4 nitrogen and oxygen atoms in total. The van der Waals surface area contributed by atoms with Crippen LogP contribution in [-0.4, -0.2) is 17.0 Å². The van der Waals surface area contributed by atoms with Gasteiger partial charge in [-0.05, 0) is 0 Å². The summed E-state index contributed by atoms with van der Waals surface area (Å²) >= 11 is 0. The molecule has 0 aromatic carbocycles. The first kappa shape index (κ1) is 17.2. The van der Waals surface area contributed by atoms with E-state index in [1.165, 1.54) is 0 Å². The number of hydrogen-bond donors (Lipinski definition) is 1. The van der Waals surface area contributed by atoms with E-state index in [-0.39, 0.29) is 19.5 Å². The molecule has 0 aromatic rings. The predicted octanol–water partition coefficient (Wildman–Crippen LogP) is 0.762. The van der Waals surface area contributed by atoms with E-state index in [9.17, 15) is 9.59 Å². The zero-order valence-electron chi connectivity index (χ0n) is 6.66. The van der Waals surface area contributed by atoms with Crippen molar-refractivity contribution in [1.29, 1.82) is 0 Å². The molecule has 0 radical (unpaired) electrons. The van der Waals surface area contributed by atoms with E-state index < -0.39 is 11.9 Å². The topological polar surface area (TPSA) is 63.6 Å². The number of carboxylic acids is 1. The fourth-order valence-corrected chi connectivity index (χ4v) is 0.0589. The molecular weight excluding hydrogens is 213 g/mol. The third kappa shape index (κ3) is 23.0. The summed E-state index contributed by atoms with van der Waals surface area (Å²) in [7, 11) is 2.84. The van der Waals surface area contributed by atoms with Gasteiger partial charge in [-0.2, -0.15) is 7.11 Å². The number of esters is 1. The van der Waals surface area contributed by atoms with Gasteiger partial charge in [0.2, 0.25) is 0 Å². The van der Waals surface area contributed by atoms with E-state index in [4.69, 9.17) is 5.11 Å². The van der Waals surface area contributed by atoms with Gasteiger partial charge in [0.05, 0.1) is 0 Å². The maximum Gasteiger partial charge on any atom is 0.327 e. The summed E-state index contributed by atoms with van der Waals surface area (Å²) in [4.78, 5) is 19.0. The number of carbonyl (C=O) groups is 2. The molecule has 0 saturated carbocycles. The van der Waals surface area contributed by atoms with Crippen LogP contribution in [0.2, 0.25) is 0 Å². The van der Waals surface area contributed by atoms with E-state index in [1.54, 1.807) is 0 Å². The summed E-state index contributed by atoms with van der Waals surface area (Å²) in [5.41, 5.74) is 0. The Labute approximate surface area is 83.7 Å². The number of carbonyl (C=O) groups excluding carboxylic acids is 1. The van der Waals surface area contributed by atoms with Crippen LogP contribution in [0.5, 0.6) is 0 Å². The molecule has 1 N–H and O–H groups in total. The van der Waals surface area contributed by atoms with Gasteiger partial charge in [-0.1, -0.05) is 13.2 Å². The van der Waals surface area contributed by atoms with E-state index in [0.717, 1.165) is 12.2 Å². The molecular formula is C7H9O4Zn-. The molecule has 0 bridgehead atoms. The fourth-order valence-electron chi connectivity index (χ4n) is 0.0589. The van der Waals surface area contributed by atoms with Crippen molar-refractivity contribution in [2.45, 2.75) is 0 Å². The van der Waals surface area contributed by atoms with Crippen molar-refractivity contribution in [3.63, 3.8) is 0 Å². The van der Waals surface area contributed by atoms with Crippen molar-refractivity contribution in [3.8, 4) is 0 Å². The molecule has 0 aliphatic carbocycles. The minimum Gasteiger partial charge on any atom is -0.637 e. The summed E-state index contributed by atoms with van der Waals surface area (Å²) in [6, 6.07) is 0. The Bertz CT molecular complexity index is 165. The first-order chi connectivity index (χ1) is 5.08.